The van der Waals surface area contributed by atoms with Gasteiger partial charge in [-0.3, -0.25) is 4.79 Å². The molecule has 3 rings (SSSR count). The highest BCUT2D eigenvalue weighted by Crippen LogP contribution is 2.16. The molecule has 1 aromatic heterocycles. The number of carbonyl (C=O) groups is 1. The minimum atomic E-state index is -0.143. The summed E-state index contributed by atoms with van der Waals surface area (Å²) in [6.07, 6.45) is 1.77. The summed E-state index contributed by atoms with van der Waals surface area (Å²) in [5.74, 6) is 1.47. The maximum atomic E-state index is 12.6. The van der Waals surface area contributed by atoms with Crippen molar-refractivity contribution < 1.29 is 14.3 Å². The molecule has 1 amide bonds. The van der Waals surface area contributed by atoms with Crippen molar-refractivity contribution in [2.75, 3.05) is 27.3 Å². The quantitative estimate of drug-likeness (QED) is 0.644. The number of aromatic nitrogens is 2. The van der Waals surface area contributed by atoms with Gasteiger partial charge in [0.2, 0.25) is 0 Å². The van der Waals surface area contributed by atoms with Crippen LogP contribution in [-0.4, -0.2) is 47.9 Å². The molecule has 1 heterocycles. The monoisotopic (exact) mass is 365 g/mol. The molecule has 0 bridgehead atoms. The Bertz CT molecular complexity index is 903. The highest BCUT2D eigenvalue weighted by molar-refractivity contribution is 5.92. The molecule has 0 spiro atoms. The lowest BCUT2D eigenvalue weighted by atomic mass is 10.2. The third-order valence-electron chi connectivity index (χ3n) is 4.27. The van der Waals surface area contributed by atoms with E-state index in [1.807, 2.05) is 55.5 Å². The number of ether oxygens (including phenoxy) is 2. The van der Waals surface area contributed by atoms with Crippen LogP contribution in [0.4, 0.5) is 0 Å². The Hall–Kier alpha value is -3.28. The van der Waals surface area contributed by atoms with E-state index in [4.69, 9.17) is 9.47 Å². The second kappa shape index (κ2) is 8.40. The molecule has 0 saturated carbocycles. The number of carbonyl (C=O) groups excluding carboxylic acids is 1. The van der Waals surface area contributed by atoms with E-state index in [1.54, 1.807) is 36.0 Å². The summed E-state index contributed by atoms with van der Waals surface area (Å²) in [5, 5.41) is 4.38. The van der Waals surface area contributed by atoms with Crippen molar-refractivity contribution in [2.24, 2.45) is 0 Å². The zero-order chi connectivity index (χ0) is 19.2. The van der Waals surface area contributed by atoms with Crippen molar-refractivity contribution in [3.63, 3.8) is 0 Å². The molecule has 6 nitrogen and oxygen atoms in total. The van der Waals surface area contributed by atoms with Crippen LogP contribution < -0.4 is 9.47 Å². The first kappa shape index (κ1) is 18.5. The Morgan fingerprint density at radius 3 is 2.56 bits per heavy atom. The number of likely N-dealkylation sites (N-methyl/N-ethyl adjacent to an activating group) is 1. The zero-order valence-electron chi connectivity index (χ0n) is 15.8. The number of rotatable bonds is 7. The van der Waals surface area contributed by atoms with Gasteiger partial charge in [-0.05, 0) is 48.9 Å². The van der Waals surface area contributed by atoms with Crippen molar-refractivity contribution in [3.8, 4) is 17.2 Å². The Balaban J connectivity index is 1.58. The van der Waals surface area contributed by atoms with E-state index in [-0.39, 0.29) is 5.91 Å². The van der Waals surface area contributed by atoms with Crippen molar-refractivity contribution in [3.05, 3.63) is 72.1 Å². The van der Waals surface area contributed by atoms with Crippen molar-refractivity contribution >= 4 is 5.91 Å². The molecule has 3 aromatic rings. The smallest absolute Gasteiger partial charge is 0.274 e. The zero-order valence-corrected chi connectivity index (χ0v) is 15.8. The summed E-state index contributed by atoms with van der Waals surface area (Å²) in [7, 11) is 3.37. The van der Waals surface area contributed by atoms with Crippen LogP contribution in [0.2, 0.25) is 0 Å². The number of amides is 1. The van der Waals surface area contributed by atoms with E-state index in [1.165, 1.54) is 0 Å². The van der Waals surface area contributed by atoms with Gasteiger partial charge in [0.15, 0.2) is 5.69 Å². The van der Waals surface area contributed by atoms with Gasteiger partial charge in [0.05, 0.1) is 19.3 Å². The van der Waals surface area contributed by atoms with Gasteiger partial charge in [0.1, 0.15) is 18.1 Å². The van der Waals surface area contributed by atoms with Crippen molar-refractivity contribution in [2.45, 2.75) is 6.92 Å². The topological polar surface area (TPSA) is 56.6 Å². The van der Waals surface area contributed by atoms with Gasteiger partial charge >= 0.3 is 0 Å². The number of hydrogen-bond donors (Lipinski definition) is 0. The Morgan fingerprint density at radius 1 is 1.11 bits per heavy atom. The molecule has 0 unspecified atom stereocenters. The maximum absolute atomic E-state index is 12.6. The van der Waals surface area contributed by atoms with Gasteiger partial charge < -0.3 is 14.4 Å². The third-order valence-corrected chi connectivity index (χ3v) is 4.27. The summed E-state index contributed by atoms with van der Waals surface area (Å²) >= 11 is 0. The lowest BCUT2D eigenvalue weighted by molar-refractivity contribution is 0.0767. The van der Waals surface area contributed by atoms with Gasteiger partial charge in [0, 0.05) is 13.2 Å². The lowest BCUT2D eigenvalue weighted by Crippen LogP contribution is -2.31. The molecule has 2 aromatic carbocycles. The molecule has 0 aliphatic carbocycles. The largest absolute Gasteiger partial charge is 0.497 e. The average molecular weight is 365 g/mol. The van der Waals surface area contributed by atoms with Crippen LogP contribution in [0.5, 0.6) is 11.5 Å². The lowest BCUT2D eigenvalue weighted by Gasteiger charge is -2.17. The SMILES string of the molecule is COc1ccc(-n2ccc(C(=O)N(C)CCOc3ccccc3C)n2)cc1. The van der Waals surface area contributed by atoms with Crippen LogP contribution in [0.1, 0.15) is 16.1 Å². The number of methoxy groups -OCH3 is 1. The van der Waals surface area contributed by atoms with Gasteiger partial charge in [-0.2, -0.15) is 5.10 Å². The molecular formula is C21H23N3O3. The van der Waals surface area contributed by atoms with Crippen LogP contribution in [0.3, 0.4) is 0 Å². The minimum Gasteiger partial charge on any atom is -0.497 e. The molecule has 0 atom stereocenters. The Kier molecular flexibility index (Phi) is 5.76. The predicted octanol–water partition coefficient (Wildman–Crippen LogP) is 3.34. The average Bonchev–Trinajstić information content (AvgIpc) is 3.19. The summed E-state index contributed by atoms with van der Waals surface area (Å²) < 4.78 is 12.6. The van der Waals surface area contributed by atoms with Crippen LogP contribution in [-0.2, 0) is 0 Å². The second-order valence-electron chi connectivity index (χ2n) is 6.18. The van der Waals surface area contributed by atoms with E-state index in [2.05, 4.69) is 5.10 Å². The molecule has 0 fully saturated rings. The van der Waals surface area contributed by atoms with Gasteiger partial charge in [-0.25, -0.2) is 4.68 Å². The number of aryl methyl sites for hydroxylation is 1. The van der Waals surface area contributed by atoms with Crippen molar-refractivity contribution in [1.29, 1.82) is 0 Å². The molecule has 0 aliphatic rings. The maximum Gasteiger partial charge on any atom is 0.274 e. The molecule has 6 heteroatoms. The molecule has 27 heavy (non-hydrogen) atoms. The fourth-order valence-electron chi connectivity index (χ4n) is 2.62. The summed E-state index contributed by atoms with van der Waals surface area (Å²) in [5.41, 5.74) is 2.33. The van der Waals surface area contributed by atoms with E-state index in [9.17, 15) is 4.79 Å². The number of nitrogens with zero attached hydrogens (tertiary/aromatic N) is 3. The van der Waals surface area contributed by atoms with E-state index >= 15 is 0 Å². The first-order valence-electron chi connectivity index (χ1n) is 8.72. The summed E-state index contributed by atoms with van der Waals surface area (Å²) in [4.78, 5) is 14.2. The van der Waals surface area contributed by atoms with Crippen LogP contribution in [0.15, 0.2) is 60.8 Å². The highest BCUT2D eigenvalue weighted by Gasteiger charge is 2.15. The first-order chi connectivity index (χ1) is 13.1. The highest BCUT2D eigenvalue weighted by atomic mass is 16.5. The molecule has 0 aliphatic heterocycles. The van der Waals surface area contributed by atoms with Crippen LogP contribution in [0, 0.1) is 6.92 Å². The van der Waals surface area contributed by atoms with Crippen molar-refractivity contribution in [1.82, 2.24) is 14.7 Å². The molecule has 0 saturated heterocycles. The number of benzene rings is 2. The Morgan fingerprint density at radius 2 is 1.85 bits per heavy atom. The third kappa shape index (κ3) is 4.47. The fourth-order valence-corrected chi connectivity index (χ4v) is 2.62. The van der Waals surface area contributed by atoms with Gasteiger partial charge in [0.25, 0.3) is 5.91 Å². The summed E-state index contributed by atoms with van der Waals surface area (Å²) in [6, 6.07) is 17.0. The first-order valence-corrected chi connectivity index (χ1v) is 8.72. The van der Waals surface area contributed by atoms with Crippen LogP contribution >= 0.6 is 0 Å². The minimum absolute atomic E-state index is 0.143. The molecule has 140 valence electrons. The predicted molar refractivity (Wildman–Crippen MR) is 104 cm³/mol. The van der Waals surface area contributed by atoms with E-state index < -0.39 is 0 Å². The number of hydrogen-bond acceptors (Lipinski definition) is 4. The van der Waals surface area contributed by atoms with E-state index in [0.717, 1.165) is 22.7 Å². The van der Waals surface area contributed by atoms with E-state index in [0.29, 0.717) is 18.8 Å². The normalized spacial score (nSPS) is 10.5. The van der Waals surface area contributed by atoms with Gasteiger partial charge in [-0.1, -0.05) is 18.2 Å². The number of para-hydroxylation sites is 1. The fraction of sp³-hybridized carbons (Fsp3) is 0.238. The Labute approximate surface area is 158 Å². The second-order valence-corrected chi connectivity index (χ2v) is 6.18. The van der Waals surface area contributed by atoms with Crippen LogP contribution in [0.25, 0.3) is 5.69 Å². The molecule has 0 N–H and O–H groups in total. The van der Waals surface area contributed by atoms with Gasteiger partial charge in [-0.15, -0.1) is 0 Å². The standard InChI is InChI=1S/C21H23N3O3/c1-16-6-4-5-7-20(16)27-15-14-23(2)21(25)19-12-13-24(22-19)17-8-10-18(26-3)11-9-17/h4-13H,14-15H2,1-3H3. The molecule has 0 radical (unpaired) electrons. The summed E-state index contributed by atoms with van der Waals surface area (Å²) in [6.45, 7) is 2.89. The molecular weight excluding hydrogens is 342 g/mol.